The van der Waals surface area contributed by atoms with E-state index in [9.17, 15) is 10.2 Å². The van der Waals surface area contributed by atoms with E-state index in [-0.39, 0.29) is 11.5 Å². The van der Waals surface area contributed by atoms with Gasteiger partial charge >= 0.3 is 0 Å². The number of fused-ring (bicyclic) bond motifs is 1. The average molecular weight is 377 g/mol. The Labute approximate surface area is 161 Å². The second-order valence-corrected chi connectivity index (χ2v) is 6.87. The molecule has 0 aliphatic heterocycles. The number of phenolic OH excluding ortho intramolecular Hbond substituents is 2. The van der Waals surface area contributed by atoms with Crippen LogP contribution in [0.25, 0.3) is 27.8 Å². The molecule has 3 N–H and O–H groups in total. The number of hydrogen-bond acceptors (Lipinski definition) is 4. The lowest BCUT2D eigenvalue weighted by molar-refractivity contribution is 0.447. The Hall–Kier alpha value is -3.12. The Balaban J connectivity index is 2.04. The SMILES string of the molecule is CCc1cc(-c2n[nH]c(=S)n2-c2cccc3c(C)cccc23)c(O)cc1O. The summed E-state index contributed by atoms with van der Waals surface area (Å²) in [6.07, 6.45) is 0.637. The fourth-order valence-electron chi connectivity index (χ4n) is 3.43. The monoisotopic (exact) mass is 377 g/mol. The highest BCUT2D eigenvalue weighted by molar-refractivity contribution is 7.71. The summed E-state index contributed by atoms with van der Waals surface area (Å²) in [5.41, 5.74) is 3.31. The fourth-order valence-corrected chi connectivity index (χ4v) is 3.66. The van der Waals surface area contributed by atoms with E-state index < -0.39 is 0 Å². The maximum atomic E-state index is 10.4. The summed E-state index contributed by atoms with van der Waals surface area (Å²) in [5, 5.41) is 29.8. The minimum Gasteiger partial charge on any atom is -0.508 e. The Morgan fingerprint density at radius 1 is 1.04 bits per heavy atom. The average Bonchev–Trinajstić information content (AvgIpc) is 3.03. The molecule has 0 spiro atoms. The lowest BCUT2D eigenvalue weighted by Gasteiger charge is -2.13. The topological polar surface area (TPSA) is 74.1 Å². The van der Waals surface area contributed by atoms with Crippen LogP contribution in [-0.4, -0.2) is 25.0 Å². The number of nitrogens with zero attached hydrogens (tertiary/aromatic N) is 2. The quantitative estimate of drug-likeness (QED) is 0.438. The molecule has 0 fully saturated rings. The lowest BCUT2D eigenvalue weighted by atomic mass is 10.0. The largest absolute Gasteiger partial charge is 0.508 e. The lowest BCUT2D eigenvalue weighted by Crippen LogP contribution is -2.00. The third-order valence-electron chi connectivity index (χ3n) is 4.85. The molecule has 5 nitrogen and oxygen atoms in total. The van der Waals surface area contributed by atoms with Crippen molar-refractivity contribution in [1.82, 2.24) is 14.8 Å². The molecular formula is C21H19N3O2S. The molecule has 0 radical (unpaired) electrons. The third-order valence-corrected chi connectivity index (χ3v) is 5.12. The third kappa shape index (κ3) is 2.78. The van der Waals surface area contributed by atoms with Crippen molar-refractivity contribution >= 4 is 23.0 Å². The van der Waals surface area contributed by atoms with Crippen LogP contribution in [0.3, 0.4) is 0 Å². The van der Waals surface area contributed by atoms with Gasteiger partial charge in [-0.15, -0.1) is 0 Å². The minimum absolute atomic E-state index is 0.0450. The molecule has 4 rings (SSSR count). The van der Waals surface area contributed by atoms with E-state index in [0.29, 0.717) is 22.6 Å². The number of phenols is 2. The first-order valence-corrected chi connectivity index (χ1v) is 9.13. The minimum atomic E-state index is -0.0450. The molecule has 4 aromatic rings. The number of aromatic hydroxyl groups is 2. The number of aromatic nitrogens is 3. The van der Waals surface area contributed by atoms with Gasteiger partial charge in [-0.3, -0.25) is 9.67 Å². The Bertz CT molecular complexity index is 1220. The van der Waals surface area contributed by atoms with Crippen molar-refractivity contribution in [3.05, 3.63) is 64.4 Å². The van der Waals surface area contributed by atoms with Crippen LogP contribution in [0.15, 0.2) is 48.5 Å². The molecular weight excluding hydrogens is 358 g/mol. The number of aryl methyl sites for hydroxylation is 2. The Morgan fingerprint density at radius 2 is 1.78 bits per heavy atom. The molecule has 0 aliphatic carbocycles. The standard InChI is InChI=1S/C21H19N3O2S/c1-3-13-10-16(19(26)11-18(13)25)20-22-23-21(27)24(20)17-9-5-7-14-12(2)6-4-8-15(14)17/h4-11,25-26H,3H2,1-2H3,(H,23,27). The van der Waals surface area contributed by atoms with Gasteiger partial charge in [-0.1, -0.05) is 37.3 Å². The maximum Gasteiger partial charge on any atom is 0.200 e. The first kappa shape index (κ1) is 17.3. The van der Waals surface area contributed by atoms with Crippen LogP contribution in [0, 0.1) is 11.7 Å². The summed E-state index contributed by atoms with van der Waals surface area (Å²) in [7, 11) is 0. The van der Waals surface area contributed by atoms with Gasteiger partial charge in [-0.2, -0.15) is 5.10 Å². The highest BCUT2D eigenvalue weighted by Crippen LogP contribution is 2.36. The van der Waals surface area contributed by atoms with Crippen LogP contribution in [0.2, 0.25) is 0 Å². The predicted molar refractivity (Wildman–Crippen MR) is 109 cm³/mol. The smallest absolute Gasteiger partial charge is 0.200 e. The van der Waals surface area contributed by atoms with Gasteiger partial charge < -0.3 is 10.2 Å². The van der Waals surface area contributed by atoms with Crippen molar-refractivity contribution in [2.45, 2.75) is 20.3 Å². The fraction of sp³-hybridized carbons (Fsp3) is 0.143. The van der Waals surface area contributed by atoms with Crippen LogP contribution in [-0.2, 0) is 6.42 Å². The highest BCUT2D eigenvalue weighted by atomic mass is 32.1. The molecule has 0 atom stereocenters. The number of nitrogens with one attached hydrogen (secondary N) is 1. The van der Waals surface area contributed by atoms with Crippen LogP contribution in [0.4, 0.5) is 0 Å². The van der Waals surface area contributed by atoms with Crippen LogP contribution in [0.5, 0.6) is 11.5 Å². The van der Waals surface area contributed by atoms with Gasteiger partial charge in [0.25, 0.3) is 0 Å². The van der Waals surface area contributed by atoms with Crippen LogP contribution < -0.4 is 0 Å². The highest BCUT2D eigenvalue weighted by Gasteiger charge is 2.18. The zero-order valence-electron chi connectivity index (χ0n) is 15.0. The molecule has 0 saturated carbocycles. The Morgan fingerprint density at radius 3 is 2.56 bits per heavy atom. The van der Waals surface area contributed by atoms with E-state index in [0.717, 1.165) is 22.0 Å². The van der Waals surface area contributed by atoms with Gasteiger partial charge in [0, 0.05) is 11.5 Å². The van der Waals surface area contributed by atoms with E-state index >= 15 is 0 Å². The second kappa shape index (κ2) is 6.55. The molecule has 1 aromatic heterocycles. The number of H-pyrrole nitrogens is 1. The molecule has 0 bridgehead atoms. The molecule has 136 valence electrons. The second-order valence-electron chi connectivity index (χ2n) is 6.49. The van der Waals surface area contributed by atoms with E-state index in [4.69, 9.17) is 12.2 Å². The van der Waals surface area contributed by atoms with Gasteiger partial charge in [0.15, 0.2) is 10.6 Å². The van der Waals surface area contributed by atoms with Crippen molar-refractivity contribution < 1.29 is 10.2 Å². The number of aromatic amines is 1. The van der Waals surface area contributed by atoms with Gasteiger partial charge in [-0.25, -0.2) is 0 Å². The van der Waals surface area contributed by atoms with E-state index in [1.54, 1.807) is 6.07 Å². The summed E-state index contributed by atoms with van der Waals surface area (Å²) in [6.45, 7) is 4.02. The summed E-state index contributed by atoms with van der Waals surface area (Å²) in [5.74, 6) is 0.526. The Kier molecular flexibility index (Phi) is 4.20. The van der Waals surface area contributed by atoms with Gasteiger partial charge in [-0.05, 0) is 54.2 Å². The zero-order valence-corrected chi connectivity index (χ0v) is 15.8. The molecule has 0 saturated heterocycles. The van der Waals surface area contributed by atoms with E-state index in [2.05, 4.69) is 29.3 Å². The number of benzene rings is 3. The summed E-state index contributed by atoms with van der Waals surface area (Å²) >= 11 is 5.49. The van der Waals surface area contributed by atoms with Crippen molar-refractivity contribution in [3.8, 4) is 28.6 Å². The van der Waals surface area contributed by atoms with Crippen molar-refractivity contribution in [2.24, 2.45) is 0 Å². The van der Waals surface area contributed by atoms with Crippen molar-refractivity contribution in [3.63, 3.8) is 0 Å². The molecule has 6 heteroatoms. The van der Waals surface area contributed by atoms with Crippen LogP contribution >= 0.6 is 12.2 Å². The number of hydrogen-bond donors (Lipinski definition) is 3. The van der Waals surface area contributed by atoms with E-state index in [1.165, 1.54) is 11.6 Å². The van der Waals surface area contributed by atoms with Gasteiger partial charge in [0.1, 0.15) is 11.5 Å². The molecule has 0 aliphatic rings. The first-order valence-electron chi connectivity index (χ1n) is 8.72. The normalized spacial score (nSPS) is 11.2. The van der Waals surface area contributed by atoms with E-state index in [1.807, 2.05) is 35.8 Å². The van der Waals surface area contributed by atoms with Crippen LogP contribution in [0.1, 0.15) is 18.1 Å². The summed E-state index contributed by atoms with van der Waals surface area (Å²) < 4.78 is 2.26. The summed E-state index contributed by atoms with van der Waals surface area (Å²) in [4.78, 5) is 0. The first-order chi connectivity index (χ1) is 13.0. The van der Waals surface area contributed by atoms with Crippen molar-refractivity contribution in [2.75, 3.05) is 0 Å². The van der Waals surface area contributed by atoms with Gasteiger partial charge in [0.05, 0.1) is 11.3 Å². The molecule has 0 amide bonds. The molecule has 3 aromatic carbocycles. The van der Waals surface area contributed by atoms with Crippen molar-refractivity contribution in [1.29, 1.82) is 0 Å². The van der Waals surface area contributed by atoms with Gasteiger partial charge in [0.2, 0.25) is 0 Å². The molecule has 0 unspecified atom stereocenters. The summed E-state index contributed by atoms with van der Waals surface area (Å²) in [6, 6.07) is 15.3. The number of rotatable bonds is 3. The molecule has 27 heavy (non-hydrogen) atoms. The molecule has 1 heterocycles. The predicted octanol–water partition coefficient (Wildman–Crippen LogP) is 5.03. The maximum absolute atomic E-state index is 10.4. The zero-order chi connectivity index (χ0) is 19.1.